The number of aromatic carboxylic acids is 1. The number of nitrogens with zero attached hydrogens (tertiary/aromatic N) is 2. The molecule has 0 radical (unpaired) electrons. The van der Waals surface area contributed by atoms with Gasteiger partial charge >= 0.3 is 5.97 Å². The molecular weight excluding hydrogens is 320 g/mol. The highest BCUT2D eigenvalue weighted by Gasteiger charge is 2.24. The van der Waals surface area contributed by atoms with Gasteiger partial charge in [-0.2, -0.15) is 0 Å². The Morgan fingerprint density at radius 2 is 2.16 bits per heavy atom. The molecule has 6 nitrogen and oxygen atoms in total. The summed E-state index contributed by atoms with van der Waals surface area (Å²) in [5.41, 5.74) is 1.82. The predicted molar refractivity (Wildman–Crippen MR) is 93.9 cm³/mol. The van der Waals surface area contributed by atoms with Crippen LogP contribution in [0.1, 0.15) is 40.6 Å². The molecule has 2 heterocycles. The second-order valence-corrected chi connectivity index (χ2v) is 6.14. The highest BCUT2D eigenvalue weighted by molar-refractivity contribution is 5.84. The number of carboxylic acids is 1. The van der Waals surface area contributed by atoms with E-state index >= 15 is 0 Å². The van der Waals surface area contributed by atoms with Crippen molar-refractivity contribution in [2.75, 3.05) is 26.7 Å². The Labute approximate surface area is 146 Å². The molecule has 6 heteroatoms. The number of likely N-dealkylation sites (tertiary alicyclic amines) is 1. The summed E-state index contributed by atoms with van der Waals surface area (Å²) < 4.78 is 10.2. The van der Waals surface area contributed by atoms with Gasteiger partial charge in [0.25, 0.3) is 0 Å². The number of benzene rings is 1. The van der Waals surface area contributed by atoms with Crippen molar-refractivity contribution in [1.29, 1.82) is 0 Å². The molecule has 2 aromatic rings. The zero-order valence-corrected chi connectivity index (χ0v) is 14.2. The molecule has 0 atom stereocenters. The number of hydrogen-bond acceptors (Lipinski definition) is 5. The first-order valence-electron chi connectivity index (χ1n) is 8.39. The van der Waals surface area contributed by atoms with E-state index in [0.29, 0.717) is 0 Å². The van der Waals surface area contributed by atoms with Crippen molar-refractivity contribution in [3.05, 3.63) is 53.4 Å². The third-order valence-electron chi connectivity index (χ3n) is 4.54. The summed E-state index contributed by atoms with van der Waals surface area (Å²) in [4.78, 5) is 13.2. The van der Waals surface area contributed by atoms with Crippen molar-refractivity contribution in [1.82, 2.24) is 10.1 Å². The van der Waals surface area contributed by atoms with Gasteiger partial charge in [-0.1, -0.05) is 35.5 Å². The van der Waals surface area contributed by atoms with E-state index in [-0.39, 0.29) is 11.7 Å². The molecule has 1 aromatic carbocycles. The summed E-state index contributed by atoms with van der Waals surface area (Å²) in [7, 11) is 1.68. The van der Waals surface area contributed by atoms with Crippen LogP contribution in [0.15, 0.2) is 40.9 Å². The molecule has 1 saturated heterocycles. The molecule has 1 aromatic heterocycles. The summed E-state index contributed by atoms with van der Waals surface area (Å²) in [5.74, 6) is -0.0149. The van der Waals surface area contributed by atoms with Crippen LogP contribution in [0.3, 0.4) is 0 Å². The molecule has 1 fully saturated rings. The van der Waals surface area contributed by atoms with Crippen LogP contribution in [0.5, 0.6) is 5.75 Å². The Kier molecular flexibility index (Phi) is 5.50. The number of carboxylic acid groups (broad SMARTS) is 1. The van der Waals surface area contributed by atoms with Gasteiger partial charge in [0.05, 0.1) is 12.8 Å². The van der Waals surface area contributed by atoms with E-state index in [1.54, 1.807) is 13.2 Å². The van der Waals surface area contributed by atoms with Crippen LogP contribution in [0.4, 0.5) is 0 Å². The van der Waals surface area contributed by atoms with Crippen LogP contribution in [-0.4, -0.2) is 47.9 Å². The fourth-order valence-corrected chi connectivity index (χ4v) is 3.13. The van der Waals surface area contributed by atoms with E-state index < -0.39 is 5.97 Å². The zero-order chi connectivity index (χ0) is 17.6. The first-order chi connectivity index (χ1) is 12.2. The maximum Gasteiger partial charge on any atom is 0.374 e. The van der Waals surface area contributed by atoms with E-state index in [2.05, 4.69) is 22.2 Å². The van der Waals surface area contributed by atoms with Crippen LogP contribution >= 0.6 is 0 Å². The summed E-state index contributed by atoms with van der Waals surface area (Å²) in [6, 6.07) is 9.49. The smallest absolute Gasteiger partial charge is 0.374 e. The molecule has 0 aliphatic carbocycles. The first kappa shape index (κ1) is 17.2. The normalized spacial score (nSPS) is 16.4. The molecule has 1 N–H and O–H groups in total. The van der Waals surface area contributed by atoms with Gasteiger partial charge in [-0.3, -0.25) is 4.90 Å². The lowest BCUT2D eigenvalue weighted by Crippen LogP contribution is -2.33. The minimum Gasteiger partial charge on any atom is -0.496 e. The molecule has 132 valence electrons. The van der Waals surface area contributed by atoms with Crippen molar-refractivity contribution < 1.29 is 19.2 Å². The highest BCUT2D eigenvalue weighted by Crippen LogP contribution is 2.27. The highest BCUT2D eigenvalue weighted by atomic mass is 16.5. The number of aromatic nitrogens is 1. The predicted octanol–water partition coefficient (Wildman–Crippen LogP) is 3.27. The summed E-state index contributed by atoms with van der Waals surface area (Å²) in [6.45, 7) is 2.79. The second-order valence-electron chi connectivity index (χ2n) is 6.14. The van der Waals surface area contributed by atoms with Gasteiger partial charge < -0.3 is 14.4 Å². The lowest BCUT2D eigenvalue weighted by molar-refractivity contribution is 0.0652. The number of piperidine rings is 1. The molecule has 25 heavy (non-hydrogen) atoms. The van der Waals surface area contributed by atoms with E-state index in [4.69, 9.17) is 14.4 Å². The van der Waals surface area contributed by atoms with E-state index in [9.17, 15) is 4.79 Å². The van der Waals surface area contributed by atoms with Gasteiger partial charge in [-0.05, 0) is 32.0 Å². The zero-order valence-electron chi connectivity index (χ0n) is 14.2. The third-order valence-corrected chi connectivity index (χ3v) is 4.54. The van der Waals surface area contributed by atoms with E-state index in [0.717, 1.165) is 49.5 Å². The summed E-state index contributed by atoms with van der Waals surface area (Å²) >= 11 is 0. The Morgan fingerprint density at radius 3 is 2.84 bits per heavy atom. The largest absolute Gasteiger partial charge is 0.496 e. The molecule has 0 saturated carbocycles. The van der Waals surface area contributed by atoms with Gasteiger partial charge in [-0.25, -0.2) is 4.79 Å². The third kappa shape index (κ3) is 4.28. The minimum atomic E-state index is -1.07. The standard InChI is InChI=1S/C19H22N2O4/c1-24-17-7-3-2-5-15(17)6-4-10-21-11-8-14(9-12-21)16-13-18(19(22)23)25-20-16/h2-7,13-14H,8-12H2,1H3,(H,22,23)/b6-4+. The molecular formula is C19H22N2O4. The number of hydrogen-bond donors (Lipinski definition) is 1. The van der Waals surface area contributed by atoms with Crippen molar-refractivity contribution in [2.24, 2.45) is 0 Å². The Morgan fingerprint density at radius 1 is 1.40 bits per heavy atom. The van der Waals surface area contributed by atoms with Crippen LogP contribution in [0, 0.1) is 0 Å². The monoisotopic (exact) mass is 342 g/mol. The fourth-order valence-electron chi connectivity index (χ4n) is 3.13. The van der Waals surface area contributed by atoms with Gasteiger partial charge in [0.15, 0.2) is 0 Å². The number of para-hydroxylation sites is 1. The van der Waals surface area contributed by atoms with Crippen LogP contribution in [0.2, 0.25) is 0 Å². The SMILES string of the molecule is COc1ccccc1/C=C/CN1CCC(c2cc(C(=O)O)on2)CC1. The molecule has 0 spiro atoms. The lowest BCUT2D eigenvalue weighted by atomic mass is 9.93. The van der Waals surface area contributed by atoms with Crippen molar-refractivity contribution in [3.8, 4) is 5.75 Å². The van der Waals surface area contributed by atoms with Crippen molar-refractivity contribution >= 4 is 12.0 Å². The molecule has 3 rings (SSSR count). The number of ether oxygens (including phenoxy) is 1. The average molecular weight is 342 g/mol. The van der Waals surface area contributed by atoms with Gasteiger partial charge in [0, 0.05) is 24.1 Å². The second kappa shape index (κ2) is 7.98. The van der Waals surface area contributed by atoms with Crippen LogP contribution in [-0.2, 0) is 0 Å². The first-order valence-corrected chi connectivity index (χ1v) is 8.39. The van der Waals surface area contributed by atoms with Crippen LogP contribution < -0.4 is 4.74 Å². The van der Waals surface area contributed by atoms with Gasteiger partial charge in [-0.15, -0.1) is 0 Å². The fraction of sp³-hybridized carbons (Fsp3) is 0.368. The number of rotatable bonds is 6. The van der Waals surface area contributed by atoms with Crippen molar-refractivity contribution in [3.63, 3.8) is 0 Å². The molecule has 1 aliphatic rings. The average Bonchev–Trinajstić information content (AvgIpc) is 3.13. The maximum atomic E-state index is 10.9. The molecule has 0 bridgehead atoms. The summed E-state index contributed by atoms with van der Waals surface area (Å²) in [5, 5.41) is 12.8. The lowest BCUT2D eigenvalue weighted by Gasteiger charge is -2.30. The Bertz CT molecular complexity index is 745. The maximum absolute atomic E-state index is 10.9. The van der Waals surface area contributed by atoms with Gasteiger partial charge in [0.2, 0.25) is 5.76 Å². The van der Waals surface area contributed by atoms with Crippen LogP contribution in [0.25, 0.3) is 6.08 Å². The topological polar surface area (TPSA) is 75.8 Å². The molecule has 0 unspecified atom stereocenters. The Hall–Kier alpha value is -2.60. The molecule has 0 amide bonds. The Balaban J connectivity index is 1.50. The quantitative estimate of drug-likeness (QED) is 0.868. The van der Waals surface area contributed by atoms with Gasteiger partial charge in [0.1, 0.15) is 5.75 Å². The van der Waals surface area contributed by atoms with E-state index in [1.807, 2.05) is 24.3 Å². The number of methoxy groups -OCH3 is 1. The minimum absolute atomic E-state index is 0.0860. The number of carbonyl (C=O) groups is 1. The van der Waals surface area contributed by atoms with E-state index in [1.165, 1.54) is 0 Å². The summed E-state index contributed by atoms with van der Waals surface area (Å²) in [6.07, 6.45) is 6.14. The van der Waals surface area contributed by atoms with Crippen molar-refractivity contribution in [2.45, 2.75) is 18.8 Å². The molecule has 1 aliphatic heterocycles.